The lowest BCUT2D eigenvalue weighted by Crippen LogP contribution is -2.39. The van der Waals surface area contributed by atoms with E-state index in [1.54, 1.807) is 0 Å². The smallest absolute Gasteiger partial charge is 0.343 e. The molecule has 1 aliphatic rings. The van der Waals surface area contributed by atoms with Crippen molar-refractivity contribution in [3.63, 3.8) is 0 Å². The molecule has 10 heavy (non-hydrogen) atoms. The maximum Gasteiger partial charge on any atom is 0.421 e. The first-order valence-corrected chi connectivity index (χ1v) is 3.81. The van der Waals surface area contributed by atoms with Gasteiger partial charge in [-0.2, -0.15) is 0 Å². The largest absolute Gasteiger partial charge is 0.421 e. The third kappa shape index (κ3) is 1.07. The molecule has 56 valence electrons. The van der Waals surface area contributed by atoms with Crippen molar-refractivity contribution in [1.82, 2.24) is 14.6 Å². The maximum atomic E-state index is 6.01. The van der Waals surface area contributed by atoms with Crippen molar-refractivity contribution >= 4 is 24.8 Å². The van der Waals surface area contributed by atoms with Gasteiger partial charge in [0.15, 0.2) is 0 Å². The van der Waals surface area contributed by atoms with Crippen LogP contribution >= 0.6 is 11.5 Å². The monoisotopic (exact) mass is 159 g/mol. The summed E-state index contributed by atoms with van der Waals surface area (Å²) in [5, 5.41) is 0. The standard InChI is InChI=1S/C4H12B2ClN3/c1-5-8(2)6(7)10(4)9(5)3/h1-4H3. The van der Waals surface area contributed by atoms with Crippen molar-refractivity contribution in [3.8, 4) is 0 Å². The van der Waals surface area contributed by atoms with Crippen LogP contribution in [-0.4, -0.2) is 49.1 Å². The van der Waals surface area contributed by atoms with Gasteiger partial charge in [-0.15, -0.1) is 11.5 Å². The maximum absolute atomic E-state index is 6.01. The van der Waals surface area contributed by atoms with E-state index in [-0.39, 0.29) is 6.40 Å². The number of halogens is 1. The van der Waals surface area contributed by atoms with Crippen molar-refractivity contribution in [1.29, 1.82) is 0 Å². The summed E-state index contributed by atoms with van der Waals surface area (Å²) in [6, 6.07) is 0. The summed E-state index contributed by atoms with van der Waals surface area (Å²) in [5.74, 6) is 0. The first-order valence-electron chi connectivity index (χ1n) is 3.37. The molecule has 0 aromatic carbocycles. The predicted molar refractivity (Wildman–Crippen MR) is 46.5 cm³/mol. The highest BCUT2D eigenvalue weighted by atomic mass is 35.5. The van der Waals surface area contributed by atoms with E-state index < -0.39 is 0 Å². The summed E-state index contributed by atoms with van der Waals surface area (Å²) in [6.45, 7) is 2.52. The second-order valence-corrected chi connectivity index (χ2v) is 3.15. The number of hydrazine groups is 1. The molecule has 0 aliphatic carbocycles. The molecule has 0 atom stereocenters. The summed E-state index contributed by atoms with van der Waals surface area (Å²) in [6.07, 6.45) is -0.000000000000000444. The molecule has 1 saturated heterocycles. The van der Waals surface area contributed by atoms with Crippen LogP contribution < -0.4 is 0 Å². The van der Waals surface area contributed by atoms with Crippen molar-refractivity contribution in [2.24, 2.45) is 0 Å². The van der Waals surface area contributed by atoms with E-state index in [9.17, 15) is 0 Å². The van der Waals surface area contributed by atoms with Crippen molar-refractivity contribution in [2.75, 3.05) is 21.1 Å². The molecule has 0 radical (unpaired) electrons. The molecular weight excluding hydrogens is 147 g/mol. The van der Waals surface area contributed by atoms with Crippen LogP contribution in [0.2, 0.25) is 6.82 Å². The lowest BCUT2D eigenvalue weighted by Gasteiger charge is -2.20. The Morgan fingerprint density at radius 2 is 1.60 bits per heavy atom. The molecule has 0 saturated carbocycles. The van der Waals surface area contributed by atoms with Crippen molar-refractivity contribution in [3.05, 3.63) is 0 Å². The normalized spacial score (nSPS) is 24.9. The van der Waals surface area contributed by atoms with Gasteiger partial charge in [-0.3, -0.25) is 9.84 Å². The van der Waals surface area contributed by atoms with Gasteiger partial charge in [-0.05, 0) is 21.1 Å². The average Bonchev–Trinajstić information content (AvgIpc) is 2.07. The van der Waals surface area contributed by atoms with Crippen LogP contribution in [0.25, 0.3) is 0 Å². The van der Waals surface area contributed by atoms with E-state index in [4.69, 9.17) is 11.5 Å². The summed E-state index contributed by atoms with van der Waals surface area (Å²) in [7, 11) is 6.03. The van der Waals surface area contributed by atoms with E-state index in [0.29, 0.717) is 6.98 Å². The molecule has 6 heteroatoms. The van der Waals surface area contributed by atoms with Crippen LogP contribution in [0.1, 0.15) is 0 Å². The zero-order chi connectivity index (χ0) is 7.89. The number of nitrogens with zero attached hydrogens (tertiary/aromatic N) is 3. The van der Waals surface area contributed by atoms with Gasteiger partial charge >= 0.3 is 13.4 Å². The molecule has 0 N–H and O–H groups in total. The number of rotatable bonds is 0. The molecule has 1 heterocycles. The molecule has 1 fully saturated rings. The lowest BCUT2D eigenvalue weighted by atomic mass is 9.75. The molecule has 1 rings (SSSR count). The summed E-state index contributed by atoms with van der Waals surface area (Å²) in [5.41, 5.74) is 0. The molecule has 0 spiro atoms. The van der Waals surface area contributed by atoms with Gasteiger partial charge in [0.05, 0.1) is 0 Å². The minimum Gasteiger partial charge on any atom is -0.343 e. The van der Waals surface area contributed by atoms with E-state index in [1.165, 1.54) is 0 Å². The SMILES string of the molecule is CB1N(C)B(Cl)N(C)N1C. The molecular formula is C4H12B2ClN3. The Bertz CT molecular complexity index is 90.8. The van der Waals surface area contributed by atoms with Gasteiger partial charge in [0.2, 0.25) is 0 Å². The lowest BCUT2D eigenvalue weighted by molar-refractivity contribution is 0.249. The Balaban J connectivity index is 2.68. The van der Waals surface area contributed by atoms with E-state index in [2.05, 4.69) is 16.5 Å². The highest BCUT2D eigenvalue weighted by Gasteiger charge is 2.41. The zero-order valence-electron chi connectivity index (χ0n) is 6.87. The van der Waals surface area contributed by atoms with Crippen molar-refractivity contribution < 1.29 is 0 Å². The quantitative estimate of drug-likeness (QED) is 0.462. The first-order chi connectivity index (χ1) is 4.55. The van der Waals surface area contributed by atoms with Crippen LogP contribution in [0.15, 0.2) is 0 Å². The molecule has 3 nitrogen and oxygen atoms in total. The predicted octanol–water partition coefficient (Wildman–Crippen LogP) is 0.0521. The van der Waals surface area contributed by atoms with Gasteiger partial charge < -0.3 is 4.72 Å². The van der Waals surface area contributed by atoms with Crippen LogP contribution in [0.3, 0.4) is 0 Å². The Hall–Kier alpha value is 0.300. The average molecular weight is 159 g/mol. The Kier molecular flexibility index (Phi) is 2.30. The Labute approximate surface area is 68.0 Å². The zero-order valence-corrected chi connectivity index (χ0v) is 7.63. The van der Waals surface area contributed by atoms with Crippen LogP contribution in [-0.2, 0) is 0 Å². The number of hydrogen-bond acceptors (Lipinski definition) is 3. The fourth-order valence-corrected chi connectivity index (χ4v) is 1.42. The van der Waals surface area contributed by atoms with Gasteiger partial charge in [0.1, 0.15) is 0 Å². The summed E-state index contributed by atoms with van der Waals surface area (Å²) >= 11 is 6.01. The molecule has 0 aromatic heterocycles. The molecule has 0 amide bonds. The Morgan fingerprint density at radius 1 is 1.10 bits per heavy atom. The van der Waals surface area contributed by atoms with Gasteiger partial charge in [-0.1, -0.05) is 6.82 Å². The summed E-state index contributed by atoms with van der Waals surface area (Å²) < 4.78 is 2.10. The topological polar surface area (TPSA) is 9.72 Å². The molecule has 1 aliphatic heterocycles. The molecule has 0 bridgehead atoms. The van der Waals surface area contributed by atoms with Crippen LogP contribution in [0.5, 0.6) is 0 Å². The fourth-order valence-electron chi connectivity index (χ4n) is 1.12. The minimum absolute atomic E-state index is 0.000000000000000444. The van der Waals surface area contributed by atoms with Gasteiger partial charge in [0, 0.05) is 0 Å². The summed E-state index contributed by atoms with van der Waals surface area (Å²) in [4.78, 5) is 4.11. The van der Waals surface area contributed by atoms with Crippen LogP contribution in [0.4, 0.5) is 0 Å². The van der Waals surface area contributed by atoms with Gasteiger partial charge in [-0.25, -0.2) is 0 Å². The first kappa shape index (κ1) is 8.40. The molecule has 0 aromatic rings. The minimum atomic E-state index is -0.000000000000000444. The van der Waals surface area contributed by atoms with E-state index in [0.717, 1.165) is 0 Å². The molecule has 0 unspecified atom stereocenters. The highest BCUT2D eigenvalue weighted by Crippen LogP contribution is 2.16. The highest BCUT2D eigenvalue weighted by molar-refractivity contribution is 7.07. The van der Waals surface area contributed by atoms with Gasteiger partial charge in [0.25, 0.3) is 0 Å². The second-order valence-electron chi connectivity index (χ2n) is 2.76. The fraction of sp³-hybridized carbons (Fsp3) is 1.00. The third-order valence-electron chi connectivity index (χ3n) is 2.27. The van der Waals surface area contributed by atoms with E-state index >= 15 is 0 Å². The Morgan fingerprint density at radius 3 is 1.70 bits per heavy atom. The number of hydrogen-bond donors (Lipinski definition) is 0. The van der Waals surface area contributed by atoms with E-state index in [1.807, 2.05) is 26.1 Å². The third-order valence-corrected chi connectivity index (χ3v) is 2.86. The van der Waals surface area contributed by atoms with Crippen molar-refractivity contribution in [2.45, 2.75) is 6.82 Å². The van der Waals surface area contributed by atoms with Crippen LogP contribution in [0, 0.1) is 0 Å². The second kappa shape index (κ2) is 2.74.